The van der Waals surface area contributed by atoms with E-state index in [-0.39, 0.29) is 21.4 Å². The Morgan fingerprint density at radius 3 is 2.74 bits per heavy atom. The van der Waals surface area contributed by atoms with Gasteiger partial charge < -0.3 is 24.4 Å². The number of thiazole rings is 1. The molecule has 1 aliphatic rings. The number of rotatable bonds is 9. The Morgan fingerprint density at radius 1 is 1.29 bits per heavy atom. The van der Waals surface area contributed by atoms with Gasteiger partial charge in [0.15, 0.2) is 11.6 Å². The fourth-order valence-corrected chi connectivity index (χ4v) is 5.47. The molecule has 2 N–H and O–H groups in total. The zero-order chi connectivity index (χ0) is 25.1. The molecule has 1 fully saturated rings. The Morgan fingerprint density at radius 2 is 2.09 bits per heavy atom. The maximum absolute atomic E-state index is 14.9. The maximum Gasteiger partial charge on any atom is 0.387 e. The highest BCUT2D eigenvalue weighted by molar-refractivity contribution is 7.92. The molecule has 0 radical (unpaired) electrons. The molecule has 2 atom stereocenters. The lowest BCUT2D eigenvalue weighted by Gasteiger charge is -2.25. The van der Waals surface area contributed by atoms with Crippen molar-refractivity contribution in [1.82, 2.24) is 9.88 Å². The fourth-order valence-electron chi connectivity index (χ4n) is 3.76. The lowest BCUT2D eigenvalue weighted by molar-refractivity contribution is -0.0498. The molecule has 4 rings (SSSR count). The summed E-state index contributed by atoms with van der Waals surface area (Å²) < 4.78 is 60.3. The molecule has 1 saturated heterocycles. The van der Waals surface area contributed by atoms with Crippen molar-refractivity contribution in [2.24, 2.45) is 0 Å². The molecule has 2 aromatic carbocycles. The van der Waals surface area contributed by atoms with Crippen LogP contribution in [0, 0.1) is 5.82 Å². The van der Waals surface area contributed by atoms with Crippen LogP contribution in [0.25, 0.3) is 0 Å². The molecule has 1 aliphatic heterocycles. The molecule has 1 unspecified atom stereocenters. The quantitative estimate of drug-likeness (QED) is 0.341. The molecular weight excluding hydrogens is 523 g/mol. The molecule has 3 aromatic rings. The van der Waals surface area contributed by atoms with E-state index in [1.54, 1.807) is 17.0 Å². The van der Waals surface area contributed by atoms with E-state index in [0.717, 1.165) is 12.5 Å². The van der Waals surface area contributed by atoms with Crippen molar-refractivity contribution in [3.8, 4) is 5.75 Å². The van der Waals surface area contributed by atoms with Crippen LogP contribution in [0.4, 0.5) is 36.1 Å². The number of halogens is 4. The van der Waals surface area contributed by atoms with Gasteiger partial charge >= 0.3 is 6.61 Å². The van der Waals surface area contributed by atoms with Gasteiger partial charge in [-0.15, -0.1) is 11.3 Å². The van der Waals surface area contributed by atoms with Crippen LogP contribution < -0.4 is 19.7 Å². The van der Waals surface area contributed by atoms with Crippen molar-refractivity contribution in [1.29, 1.82) is 0 Å². The number of nitrogens with zero attached hydrogens (tertiary/aromatic N) is 3. The first-order chi connectivity index (χ1) is 16.7. The predicted molar refractivity (Wildman–Crippen MR) is 134 cm³/mol. The Kier molecular flexibility index (Phi) is 8.17. The summed E-state index contributed by atoms with van der Waals surface area (Å²) in [5.74, 6) is -0.348. The maximum atomic E-state index is 14.9. The van der Waals surface area contributed by atoms with Crippen molar-refractivity contribution in [3.05, 3.63) is 52.1 Å². The van der Waals surface area contributed by atoms with Crippen LogP contribution in [0.2, 0.25) is 5.02 Å². The molecule has 0 aliphatic carbocycles. The second-order valence-corrected chi connectivity index (χ2v) is 10.3. The molecule has 0 spiro atoms. The van der Waals surface area contributed by atoms with Crippen LogP contribution in [0.3, 0.4) is 0 Å². The second kappa shape index (κ2) is 11.1. The Bertz CT molecular complexity index is 1160. The van der Waals surface area contributed by atoms with Gasteiger partial charge in [-0.3, -0.25) is 0 Å². The third-order valence-electron chi connectivity index (χ3n) is 5.55. The smallest absolute Gasteiger partial charge is 0.387 e. The number of hydrogen-bond acceptors (Lipinski definition) is 8. The second-order valence-electron chi connectivity index (χ2n) is 8.04. The topological polar surface area (TPSA) is 75.7 Å². The molecule has 35 heavy (non-hydrogen) atoms. The fraction of sp³-hybridized carbons (Fsp3) is 0.318. The zero-order valence-electron chi connectivity index (χ0n) is 18.8. The first kappa shape index (κ1) is 25.7. The standard InChI is InChI=1S/C22H23ClF3N5O2S2/c1-30(2)13-5-6-31(10-13)19-7-14(33-22(25)26)3-4-17(19)28-18-9-16(24)20(8-15(18)23)35(32)29-21-11-34-12-27-21/h3-4,7-9,11-13,22,28-29H,5-6,10H2,1-2H3/t13-,35?/m1/s1. The summed E-state index contributed by atoms with van der Waals surface area (Å²) in [5, 5.41) is 4.88. The Labute approximate surface area is 213 Å². The summed E-state index contributed by atoms with van der Waals surface area (Å²) in [4.78, 5) is 8.02. The van der Waals surface area contributed by atoms with E-state index >= 15 is 0 Å². The first-order valence-electron chi connectivity index (χ1n) is 10.5. The van der Waals surface area contributed by atoms with E-state index in [4.69, 9.17) is 11.6 Å². The third kappa shape index (κ3) is 6.25. The van der Waals surface area contributed by atoms with Crippen molar-refractivity contribution in [3.63, 3.8) is 0 Å². The molecule has 1 aromatic heterocycles. The predicted octanol–water partition coefficient (Wildman–Crippen LogP) is 5.56. The van der Waals surface area contributed by atoms with Gasteiger partial charge in [0.2, 0.25) is 4.90 Å². The molecular formula is C22H23ClF3N5O2S2. The van der Waals surface area contributed by atoms with Gasteiger partial charge in [0, 0.05) is 42.7 Å². The highest BCUT2D eigenvalue weighted by atomic mass is 35.5. The third-order valence-corrected chi connectivity index (χ3v) is 7.55. The molecule has 0 saturated carbocycles. The number of nitrogens with one attached hydrogen (secondary N) is 2. The number of benzene rings is 2. The number of anilines is 4. The van der Waals surface area contributed by atoms with Gasteiger partial charge in [0.25, 0.3) is 0 Å². The minimum Gasteiger partial charge on any atom is -0.588 e. The van der Waals surface area contributed by atoms with Gasteiger partial charge in [-0.25, -0.2) is 9.37 Å². The van der Waals surface area contributed by atoms with E-state index in [9.17, 15) is 17.7 Å². The molecule has 0 amide bonds. The molecule has 188 valence electrons. The van der Waals surface area contributed by atoms with Crippen LogP contribution in [0.15, 0.2) is 46.1 Å². The van der Waals surface area contributed by atoms with E-state index in [1.807, 2.05) is 14.1 Å². The van der Waals surface area contributed by atoms with Crippen LogP contribution in [0.5, 0.6) is 5.75 Å². The number of ether oxygens (including phenoxy) is 1. The largest absolute Gasteiger partial charge is 0.588 e. The Balaban J connectivity index is 1.60. The van der Waals surface area contributed by atoms with Crippen LogP contribution in [0.1, 0.15) is 6.42 Å². The minimum absolute atomic E-state index is 0.0185. The van der Waals surface area contributed by atoms with Crippen LogP contribution in [-0.2, 0) is 11.4 Å². The summed E-state index contributed by atoms with van der Waals surface area (Å²) in [6.45, 7) is -1.57. The van der Waals surface area contributed by atoms with Gasteiger partial charge in [-0.2, -0.15) is 13.5 Å². The average molecular weight is 546 g/mol. The number of aromatic nitrogens is 1. The molecule has 7 nitrogen and oxygen atoms in total. The lowest BCUT2D eigenvalue weighted by atomic mass is 10.2. The van der Waals surface area contributed by atoms with Crippen molar-refractivity contribution in [2.75, 3.05) is 42.1 Å². The van der Waals surface area contributed by atoms with Crippen molar-refractivity contribution >= 4 is 57.2 Å². The van der Waals surface area contributed by atoms with Gasteiger partial charge in [0.05, 0.1) is 27.6 Å². The van der Waals surface area contributed by atoms with Crippen molar-refractivity contribution in [2.45, 2.75) is 24.0 Å². The van der Waals surface area contributed by atoms with E-state index in [0.29, 0.717) is 36.3 Å². The minimum atomic E-state index is -2.95. The van der Waals surface area contributed by atoms with E-state index < -0.39 is 23.8 Å². The molecule has 2 heterocycles. The Hall–Kier alpha value is -2.38. The number of alkyl halides is 2. The first-order valence-corrected chi connectivity index (χ1v) is 13.0. The highest BCUT2D eigenvalue weighted by Gasteiger charge is 2.27. The zero-order valence-corrected chi connectivity index (χ0v) is 21.2. The monoisotopic (exact) mass is 545 g/mol. The van der Waals surface area contributed by atoms with E-state index in [2.05, 4.69) is 29.6 Å². The summed E-state index contributed by atoms with van der Waals surface area (Å²) in [6.07, 6.45) is 0.897. The van der Waals surface area contributed by atoms with Gasteiger partial charge in [-0.05, 0) is 32.6 Å². The number of hydrogen-bond donors (Lipinski definition) is 2. The summed E-state index contributed by atoms with van der Waals surface area (Å²) in [7, 11) is 3.97. The van der Waals surface area contributed by atoms with Crippen LogP contribution >= 0.6 is 22.9 Å². The van der Waals surface area contributed by atoms with Gasteiger partial charge in [-0.1, -0.05) is 11.6 Å². The lowest BCUT2D eigenvalue weighted by Crippen LogP contribution is -2.31. The van der Waals surface area contributed by atoms with E-state index in [1.165, 1.54) is 29.5 Å². The SMILES string of the molecule is CN(C)[C@@H]1CCN(c2cc(OC(F)F)ccc2Nc2cc(F)c([S+]([O-])Nc3cscn3)cc2Cl)C1. The van der Waals surface area contributed by atoms with Crippen molar-refractivity contribution < 1.29 is 22.5 Å². The summed E-state index contributed by atoms with van der Waals surface area (Å²) in [5.41, 5.74) is 2.97. The summed E-state index contributed by atoms with van der Waals surface area (Å²) >= 11 is 5.81. The normalized spacial score (nSPS) is 16.7. The average Bonchev–Trinajstić information content (AvgIpc) is 3.49. The van der Waals surface area contributed by atoms with Gasteiger partial charge in [0.1, 0.15) is 17.1 Å². The van der Waals surface area contributed by atoms with Crippen LogP contribution in [-0.4, -0.2) is 54.3 Å². The summed E-state index contributed by atoms with van der Waals surface area (Å²) in [6, 6.07) is 7.24. The molecule has 13 heteroatoms. The number of likely N-dealkylation sites (N-methyl/N-ethyl adjacent to an activating group) is 1. The molecule has 0 bridgehead atoms. The highest BCUT2D eigenvalue weighted by Crippen LogP contribution is 2.38.